The van der Waals surface area contributed by atoms with E-state index in [0.717, 1.165) is 19.3 Å². The second-order valence-corrected chi connectivity index (χ2v) is 6.68. The fourth-order valence-electron chi connectivity index (χ4n) is 3.79. The molecule has 3 rings (SSSR count). The zero-order valence-corrected chi connectivity index (χ0v) is 13.9. The first-order valence-electron chi connectivity index (χ1n) is 8.59. The first-order valence-corrected chi connectivity index (χ1v) is 8.59. The molecule has 1 saturated heterocycles. The monoisotopic (exact) mass is 319 g/mol. The summed E-state index contributed by atoms with van der Waals surface area (Å²) in [6, 6.07) is -0.379. The zero-order valence-electron chi connectivity index (χ0n) is 13.9. The molecule has 0 radical (unpaired) electrons. The highest BCUT2D eigenvalue weighted by molar-refractivity contribution is 5.97. The van der Waals surface area contributed by atoms with Gasteiger partial charge in [0.05, 0.1) is 0 Å². The van der Waals surface area contributed by atoms with Crippen LogP contribution in [0.15, 0.2) is 4.42 Å². The first-order chi connectivity index (χ1) is 11.1. The second-order valence-electron chi connectivity index (χ2n) is 6.68. The molecule has 23 heavy (non-hydrogen) atoms. The van der Waals surface area contributed by atoms with Gasteiger partial charge in [0.1, 0.15) is 11.8 Å². The molecule has 2 aliphatic rings. The van der Waals surface area contributed by atoms with Crippen LogP contribution < -0.4 is 5.32 Å². The van der Waals surface area contributed by atoms with Crippen LogP contribution in [0.2, 0.25) is 0 Å². The number of aromatic nitrogens is 1. The Morgan fingerprint density at radius 2 is 2.04 bits per heavy atom. The molecule has 2 heterocycles. The van der Waals surface area contributed by atoms with Crippen LogP contribution in [0.3, 0.4) is 0 Å². The van der Waals surface area contributed by atoms with E-state index in [2.05, 4.69) is 10.3 Å². The molecule has 1 aromatic rings. The topological polar surface area (TPSA) is 75.4 Å². The third kappa shape index (κ3) is 3.41. The standard InChI is InChI=1S/C17H25N3O3/c1-11-15(19-12(2)23-11)17(22)20-9-8-18-16(21)14(20)10-13-6-4-3-5-7-13/h13-14H,3-10H2,1-2H3,(H,18,21)/t14-/m1/s1. The maximum Gasteiger partial charge on any atom is 0.276 e. The van der Waals surface area contributed by atoms with Crippen molar-refractivity contribution in [2.75, 3.05) is 13.1 Å². The van der Waals surface area contributed by atoms with Crippen LogP contribution >= 0.6 is 0 Å². The Kier molecular flexibility index (Phi) is 4.68. The van der Waals surface area contributed by atoms with Crippen LogP contribution in [-0.4, -0.2) is 40.8 Å². The predicted octanol–water partition coefficient (Wildman–Crippen LogP) is 2.20. The van der Waals surface area contributed by atoms with E-state index >= 15 is 0 Å². The minimum atomic E-state index is -0.379. The van der Waals surface area contributed by atoms with Gasteiger partial charge in [0.25, 0.3) is 5.91 Å². The third-order valence-corrected chi connectivity index (χ3v) is 4.98. The zero-order chi connectivity index (χ0) is 16.4. The van der Waals surface area contributed by atoms with Crippen LogP contribution in [0, 0.1) is 19.8 Å². The van der Waals surface area contributed by atoms with Gasteiger partial charge in [0.15, 0.2) is 11.6 Å². The summed E-state index contributed by atoms with van der Waals surface area (Å²) in [6.07, 6.45) is 6.83. The molecule has 1 aromatic heterocycles. The number of carbonyl (C=O) groups excluding carboxylic acids is 2. The van der Waals surface area contributed by atoms with Crippen molar-refractivity contribution in [1.29, 1.82) is 0 Å². The molecule has 6 nitrogen and oxygen atoms in total. The Hall–Kier alpha value is -1.85. The highest BCUT2D eigenvalue weighted by Crippen LogP contribution is 2.29. The van der Waals surface area contributed by atoms with E-state index in [0.29, 0.717) is 36.4 Å². The molecular weight excluding hydrogens is 294 g/mol. The predicted molar refractivity (Wildman–Crippen MR) is 85.0 cm³/mol. The summed E-state index contributed by atoms with van der Waals surface area (Å²) in [4.78, 5) is 31.1. The van der Waals surface area contributed by atoms with Gasteiger partial charge in [-0.05, 0) is 19.3 Å². The van der Waals surface area contributed by atoms with Crippen molar-refractivity contribution in [2.24, 2.45) is 5.92 Å². The lowest BCUT2D eigenvalue weighted by Gasteiger charge is -2.37. The van der Waals surface area contributed by atoms with Crippen LogP contribution in [0.25, 0.3) is 0 Å². The van der Waals surface area contributed by atoms with Crippen molar-refractivity contribution >= 4 is 11.8 Å². The average Bonchev–Trinajstić information content (AvgIpc) is 2.88. The SMILES string of the molecule is Cc1nc(C(=O)N2CCNC(=O)[C@H]2CC2CCCCC2)c(C)o1. The maximum atomic E-state index is 12.9. The molecule has 0 unspecified atom stereocenters. The summed E-state index contributed by atoms with van der Waals surface area (Å²) < 4.78 is 5.38. The van der Waals surface area contributed by atoms with Crippen molar-refractivity contribution in [3.63, 3.8) is 0 Å². The van der Waals surface area contributed by atoms with Gasteiger partial charge in [-0.25, -0.2) is 4.98 Å². The van der Waals surface area contributed by atoms with E-state index in [-0.39, 0.29) is 17.9 Å². The first kappa shape index (κ1) is 16.0. The van der Waals surface area contributed by atoms with Gasteiger partial charge in [0, 0.05) is 20.0 Å². The number of piperazine rings is 1. The van der Waals surface area contributed by atoms with Crippen molar-refractivity contribution in [3.8, 4) is 0 Å². The van der Waals surface area contributed by atoms with Gasteiger partial charge in [-0.1, -0.05) is 32.1 Å². The number of nitrogens with zero attached hydrogens (tertiary/aromatic N) is 2. The Balaban J connectivity index is 1.78. The van der Waals surface area contributed by atoms with Crippen LogP contribution in [0.4, 0.5) is 0 Å². The minimum Gasteiger partial charge on any atom is -0.445 e. The van der Waals surface area contributed by atoms with Gasteiger partial charge in [-0.15, -0.1) is 0 Å². The lowest BCUT2D eigenvalue weighted by Crippen LogP contribution is -2.57. The highest BCUT2D eigenvalue weighted by atomic mass is 16.4. The largest absolute Gasteiger partial charge is 0.445 e. The van der Waals surface area contributed by atoms with Crippen LogP contribution in [0.5, 0.6) is 0 Å². The summed E-state index contributed by atoms with van der Waals surface area (Å²) in [5.41, 5.74) is 0.339. The van der Waals surface area contributed by atoms with E-state index in [1.807, 2.05) is 0 Å². The quantitative estimate of drug-likeness (QED) is 0.927. The van der Waals surface area contributed by atoms with Gasteiger partial charge < -0.3 is 14.6 Å². The summed E-state index contributed by atoms with van der Waals surface area (Å²) in [5.74, 6) is 1.32. The molecule has 1 aliphatic carbocycles. The highest BCUT2D eigenvalue weighted by Gasteiger charge is 2.37. The van der Waals surface area contributed by atoms with Crippen LogP contribution in [0.1, 0.15) is 60.7 Å². The van der Waals surface area contributed by atoms with Crippen molar-refractivity contribution < 1.29 is 14.0 Å². The van der Waals surface area contributed by atoms with Gasteiger partial charge in [0.2, 0.25) is 5.91 Å². The maximum absolute atomic E-state index is 12.9. The van der Waals surface area contributed by atoms with E-state index < -0.39 is 0 Å². The number of oxazole rings is 1. The number of carbonyl (C=O) groups is 2. The Morgan fingerprint density at radius 1 is 1.30 bits per heavy atom. The number of rotatable bonds is 3. The molecule has 1 atom stereocenters. The molecule has 0 aromatic carbocycles. The van der Waals surface area contributed by atoms with E-state index in [4.69, 9.17) is 4.42 Å². The second kappa shape index (κ2) is 6.72. The molecule has 1 aliphatic heterocycles. The van der Waals surface area contributed by atoms with Crippen LogP contribution in [-0.2, 0) is 4.79 Å². The van der Waals surface area contributed by atoms with Gasteiger partial charge in [-0.3, -0.25) is 9.59 Å². The number of hydrogen-bond donors (Lipinski definition) is 1. The molecule has 2 amide bonds. The van der Waals surface area contributed by atoms with E-state index in [1.54, 1.807) is 18.7 Å². The molecule has 6 heteroatoms. The van der Waals surface area contributed by atoms with Gasteiger partial charge in [-0.2, -0.15) is 0 Å². The fourth-order valence-corrected chi connectivity index (χ4v) is 3.79. The van der Waals surface area contributed by atoms with E-state index in [1.165, 1.54) is 19.3 Å². The number of nitrogens with one attached hydrogen (secondary N) is 1. The fraction of sp³-hybridized carbons (Fsp3) is 0.706. The molecule has 1 saturated carbocycles. The Morgan fingerprint density at radius 3 is 2.70 bits per heavy atom. The number of aryl methyl sites for hydroxylation is 2. The molecule has 0 spiro atoms. The van der Waals surface area contributed by atoms with Gasteiger partial charge >= 0.3 is 0 Å². The van der Waals surface area contributed by atoms with Crippen molar-refractivity contribution in [2.45, 2.75) is 58.4 Å². The van der Waals surface area contributed by atoms with Crippen molar-refractivity contribution in [3.05, 3.63) is 17.3 Å². The molecule has 0 bridgehead atoms. The summed E-state index contributed by atoms with van der Waals surface area (Å²) >= 11 is 0. The third-order valence-electron chi connectivity index (χ3n) is 4.98. The Labute approximate surface area is 136 Å². The summed E-state index contributed by atoms with van der Waals surface area (Å²) in [7, 11) is 0. The molecule has 126 valence electrons. The normalized spacial score (nSPS) is 23.0. The summed E-state index contributed by atoms with van der Waals surface area (Å²) in [5, 5.41) is 2.90. The lowest BCUT2D eigenvalue weighted by molar-refractivity contribution is -0.128. The smallest absolute Gasteiger partial charge is 0.276 e. The van der Waals surface area contributed by atoms with E-state index in [9.17, 15) is 9.59 Å². The van der Waals surface area contributed by atoms with Crippen molar-refractivity contribution in [1.82, 2.24) is 15.2 Å². The summed E-state index contributed by atoms with van der Waals surface area (Å²) in [6.45, 7) is 4.51. The molecule has 2 fully saturated rings. The number of amides is 2. The minimum absolute atomic E-state index is 0.0342. The molecule has 1 N–H and O–H groups in total. The Bertz CT molecular complexity index is 590. The number of hydrogen-bond acceptors (Lipinski definition) is 4. The molecular formula is C17H25N3O3. The average molecular weight is 319 g/mol. The lowest BCUT2D eigenvalue weighted by atomic mass is 9.84.